The Morgan fingerprint density at radius 2 is 1.44 bits per heavy atom. The molecule has 0 aliphatic rings. The van der Waals surface area contributed by atoms with Crippen LogP contribution in [0.1, 0.15) is 39.5 Å². The Morgan fingerprint density at radius 1 is 0.840 bits per heavy atom. The van der Waals surface area contributed by atoms with Crippen LogP contribution in [0.5, 0.6) is 0 Å². The van der Waals surface area contributed by atoms with Gasteiger partial charge in [-0.2, -0.15) is 0 Å². The summed E-state index contributed by atoms with van der Waals surface area (Å²) in [5, 5.41) is 3.55. The van der Waals surface area contributed by atoms with Crippen LogP contribution in [-0.4, -0.2) is 5.78 Å². The molecule has 0 radical (unpaired) electrons. The summed E-state index contributed by atoms with van der Waals surface area (Å²) >= 11 is 0. The van der Waals surface area contributed by atoms with E-state index in [4.69, 9.17) is 0 Å². The van der Waals surface area contributed by atoms with Crippen LogP contribution in [0.15, 0.2) is 84.9 Å². The molecular formula is C23H23NO. The standard InChI is InChI=1S/C23H23NO/c1-18-12-14-20(15-13-18)22(24-17-19-8-4-2-5-9-19)16-23(25)21-10-6-3-7-11-21/h2-15,22,24H,16-17H2,1H3. The number of benzene rings is 3. The van der Waals surface area contributed by atoms with Crippen LogP contribution in [-0.2, 0) is 6.54 Å². The van der Waals surface area contributed by atoms with Crippen LogP contribution < -0.4 is 5.32 Å². The Balaban J connectivity index is 1.76. The normalized spacial score (nSPS) is 11.9. The van der Waals surface area contributed by atoms with Crippen molar-refractivity contribution in [2.24, 2.45) is 0 Å². The van der Waals surface area contributed by atoms with Gasteiger partial charge in [-0.05, 0) is 18.1 Å². The van der Waals surface area contributed by atoms with Crippen molar-refractivity contribution in [2.45, 2.75) is 25.9 Å². The third kappa shape index (κ3) is 4.88. The van der Waals surface area contributed by atoms with E-state index in [0.29, 0.717) is 6.42 Å². The maximum absolute atomic E-state index is 12.7. The largest absolute Gasteiger partial charge is 0.305 e. The number of hydrogen-bond acceptors (Lipinski definition) is 2. The van der Waals surface area contributed by atoms with Gasteiger partial charge in [0.05, 0.1) is 0 Å². The Kier molecular flexibility index (Phi) is 5.76. The van der Waals surface area contributed by atoms with Crippen molar-refractivity contribution in [1.82, 2.24) is 5.32 Å². The van der Waals surface area contributed by atoms with Gasteiger partial charge in [0.15, 0.2) is 5.78 Å². The highest BCUT2D eigenvalue weighted by Gasteiger charge is 2.16. The summed E-state index contributed by atoms with van der Waals surface area (Å²) < 4.78 is 0. The zero-order chi connectivity index (χ0) is 17.5. The molecule has 0 aliphatic heterocycles. The molecule has 25 heavy (non-hydrogen) atoms. The second-order valence-electron chi connectivity index (χ2n) is 6.32. The minimum absolute atomic E-state index is 0.00601. The summed E-state index contributed by atoms with van der Waals surface area (Å²) in [7, 11) is 0. The lowest BCUT2D eigenvalue weighted by Crippen LogP contribution is -2.23. The molecule has 0 saturated carbocycles. The molecule has 0 spiro atoms. The Labute approximate surface area is 149 Å². The van der Waals surface area contributed by atoms with Gasteiger partial charge in [0.25, 0.3) is 0 Å². The minimum Gasteiger partial charge on any atom is -0.305 e. The maximum Gasteiger partial charge on any atom is 0.164 e. The van der Waals surface area contributed by atoms with Gasteiger partial charge >= 0.3 is 0 Å². The van der Waals surface area contributed by atoms with Crippen molar-refractivity contribution in [3.8, 4) is 0 Å². The van der Waals surface area contributed by atoms with Gasteiger partial charge in [-0.3, -0.25) is 4.79 Å². The van der Waals surface area contributed by atoms with E-state index in [1.165, 1.54) is 11.1 Å². The Hall–Kier alpha value is -2.71. The molecular weight excluding hydrogens is 306 g/mol. The molecule has 0 fully saturated rings. The first-order chi connectivity index (χ1) is 12.2. The van der Waals surface area contributed by atoms with E-state index >= 15 is 0 Å². The molecule has 2 nitrogen and oxygen atoms in total. The van der Waals surface area contributed by atoms with E-state index < -0.39 is 0 Å². The Bertz CT molecular complexity index is 795. The topological polar surface area (TPSA) is 29.1 Å². The average molecular weight is 329 g/mol. The second kappa shape index (κ2) is 8.41. The van der Waals surface area contributed by atoms with Gasteiger partial charge in [-0.15, -0.1) is 0 Å². The fourth-order valence-corrected chi connectivity index (χ4v) is 2.87. The molecule has 3 aromatic rings. The summed E-state index contributed by atoms with van der Waals surface area (Å²) in [4.78, 5) is 12.7. The van der Waals surface area contributed by atoms with Crippen molar-refractivity contribution < 1.29 is 4.79 Å². The second-order valence-corrected chi connectivity index (χ2v) is 6.32. The van der Waals surface area contributed by atoms with Gasteiger partial charge in [0, 0.05) is 24.6 Å². The molecule has 0 amide bonds. The van der Waals surface area contributed by atoms with E-state index in [-0.39, 0.29) is 11.8 Å². The summed E-state index contributed by atoms with van der Waals surface area (Å²) in [6.45, 7) is 2.81. The number of hydrogen-bond donors (Lipinski definition) is 1. The summed E-state index contributed by atoms with van der Waals surface area (Å²) in [5.74, 6) is 0.159. The first-order valence-corrected chi connectivity index (χ1v) is 8.64. The number of nitrogens with one attached hydrogen (secondary N) is 1. The van der Waals surface area contributed by atoms with E-state index in [9.17, 15) is 4.79 Å². The van der Waals surface area contributed by atoms with Crippen molar-refractivity contribution in [2.75, 3.05) is 0 Å². The zero-order valence-electron chi connectivity index (χ0n) is 14.5. The number of rotatable bonds is 7. The molecule has 1 unspecified atom stereocenters. The van der Waals surface area contributed by atoms with Gasteiger partial charge in [-0.1, -0.05) is 90.5 Å². The van der Waals surface area contributed by atoms with E-state index in [2.05, 4.69) is 48.6 Å². The minimum atomic E-state index is -0.00601. The first kappa shape index (κ1) is 17.1. The van der Waals surface area contributed by atoms with Gasteiger partial charge < -0.3 is 5.32 Å². The van der Waals surface area contributed by atoms with E-state index in [0.717, 1.165) is 17.7 Å². The fraction of sp³-hybridized carbons (Fsp3) is 0.174. The number of Topliss-reactive ketones (excluding diaryl/α,β-unsaturated/α-hetero) is 1. The molecule has 2 heteroatoms. The quantitative estimate of drug-likeness (QED) is 0.611. The number of ketones is 1. The van der Waals surface area contributed by atoms with Crippen LogP contribution in [0, 0.1) is 6.92 Å². The fourth-order valence-electron chi connectivity index (χ4n) is 2.87. The molecule has 126 valence electrons. The molecule has 0 saturated heterocycles. The first-order valence-electron chi connectivity index (χ1n) is 8.64. The SMILES string of the molecule is Cc1ccc(C(CC(=O)c2ccccc2)NCc2ccccc2)cc1. The highest BCUT2D eigenvalue weighted by atomic mass is 16.1. The average Bonchev–Trinajstić information content (AvgIpc) is 2.67. The molecule has 3 rings (SSSR count). The predicted molar refractivity (Wildman–Crippen MR) is 103 cm³/mol. The van der Waals surface area contributed by atoms with Crippen LogP contribution in [0.4, 0.5) is 0 Å². The number of aryl methyl sites for hydroxylation is 1. The Morgan fingerprint density at radius 3 is 2.08 bits per heavy atom. The van der Waals surface area contributed by atoms with Crippen molar-refractivity contribution in [1.29, 1.82) is 0 Å². The van der Waals surface area contributed by atoms with Crippen LogP contribution >= 0.6 is 0 Å². The van der Waals surface area contributed by atoms with Gasteiger partial charge in [-0.25, -0.2) is 0 Å². The van der Waals surface area contributed by atoms with Crippen LogP contribution in [0.3, 0.4) is 0 Å². The summed E-state index contributed by atoms with van der Waals surface area (Å²) in [6.07, 6.45) is 0.444. The molecule has 1 atom stereocenters. The molecule has 0 heterocycles. The van der Waals surface area contributed by atoms with Gasteiger partial charge in [0.1, 0.15) is 0 Å². The van der Waals surface area contributed by atoms with E-state index in [1.54, 1.807) is 0 Å². The molecule has 0 aliphatic carbocycles. The molecule has 3 aromatic carbocycles. The summed E-state index contributed by atoms with van der Waals surface area (Å²) in [5.41, 5.74) is 4.35. The van der Waals surface area contributed by atoms with E-state index in [1.807, 2.05) is 48.5 Å². The lowest BCUT2D eigenvalue weighted by atomic mass is 9.97. The monoisotopic (exact) mass is 329 g/mol. The smallest absolute Gasteiger partial charge is 0.164 e. The predicted octanol–water partition coefficient (Wildman–Crippen LogP) is 5.10. The lowest BCUT2D eigenvalue weighted by molar-refractivity contribution is 0.0968. The summed E-state index contributed by atoms with van der Waals surface area (Å²) in [6, 6.07) is 28.2. The zero-order valence-corrected chi connectivity index (χ0v) is 14.5. The molecule has 0 aromatic heterocycles. The van der Waals surface area contributed by atoms with Crippen molar-refractivity contribution in [3.63, 3.8) is 0 Å². The maximum atomic E-state index is 12.7. The lowest BCUT2D eigenvalue weighted by Gasteiger charge is -2.19. The highest BCUT2D eigenvalue weighted by molar-refractivity contribution is 5.96. The molecule has 0 bridgehead atoms. The van der Waals surface area contributed by atoms with Crippen molar-refractivity contribution >= 4 is 5.78 Å². The van der Waals surface area contributed by atoms with Crippen LogP contribution in [0.2, 0.25) is 0 Å². The number of carbonyl (C=O) groups excluding carboxylic acids is 1. The highest BCUT2D eigenvalue weighted by Crippen LogP contribution is 2.21. The number of carbonyl (C=O) groups is 1. The van der Waals surface area contributed by atoms with Gasteiger partial charge in [0.2, 0.25) is 0 Å². The van der Waals surface area contributed by atoms with Crippen LogP contribution in [0.25, 0.3) is 0 Å². The third-order valence-corrected chi connectivity index (χ3v) is 4.36. The van der Waals surface area contributed by atoms with Crippen molar-refractivity contribution in [3.05, 3.63) is 107 Å². The molecule has 1 N–H and O–H groups in total. The third-order valence-electron chi connectivity index (χ3n) is 4.36.